The lowest BCUT2D eigenvalue weighted by Crippen LogP contribution is -2.15. The zero-order chi connectivity index (χ0) is 18.1. The van der Waals surface area contributed by atoms with E-state index in [1.807, 2.05) is 6.07 Å². The highest BCUT2D eigenvalue weighted by atomic mass is 35.5. The largest absolute Gasteiger partial charge is 0.485 e. The van der Waals surface area contributed by atoms with Gasteiger partial charge in [0, 0.05) is 18.3 Å². The Balaban J connectivity index is 1.52. The fraction of sp³-hybridized carbons (Fsp3) is 0.150. The maximum Gasteiger partial charge on any atom is 0.219 e. The summed E-state index contributed by atoms with van der Waals surface area (Å²) >= 11 is 5.81. The van der Waals surface area contributed by atoms with Crippen LogP contribution in [0.15, 0.2) is 54.7 Å². The molecular formula is C20H14ClF2NO2. The minimum Gasteiger partial charge on any atom is -0.485 e. The van der Waals surface area contributed by atoms with Gasteiger partial charge in [-0.2, -0.15) is 0 Å². The Morgan fingerprint density at radius 2 is 1.85 bits per heavy atom. The molecule has 0 saturated heterocycles. The molecule has 0 bridgehead atoms. The van der Waals surface area contributed by atoms with E-state index in [4.69, 9.17) is 21.1 Å². The fourth-order valence-electron chi connectivity index (χ4n) is 2.97. The molecular weight excluding hydrogens is 360 g/mol. The van der Waals surface area contributed by atoms with Crippen molar-refractivity contribution in [3.63, 3.8) is 0 Å². The second kappa shape index (κ2) is 6.92. The molecule has 0 spiro atoms. The Labute approximate surface area is 154 Å². The average molecular weight is 374 g/mol. The van der Waals surface area contributed by atoms with E-state index >= 15 is 0 Å². The highest BCUT2D eigenvalue weighted by Gasteiger charge is 2.23. The Kier molecular flexibility index (Phi) is 4.47. The van der Waals surface area contributed by atoms with E-state index in [0.717, 1.165) is 11.6 Å². The van der Waals surface area contributed by atoms with E-state index < -0.39 is 11.6 Å². The zero-order valence-corrected chi connectivity index (χ0v) is 14.3. The van der Waals surface area contributed by atoms with Gasteiger partial charge in [0.2, 0.25) is 5.88 Å². The third kappa shape index (κ3) is 3.63. The number of rotatable bonds is 3. The molecule has 3 aromatic rings. The van der Waals surface area contributed by atoms with Gasteiger partial charge in [-0.3, -0.25) is 0 Å². The van der Waals surface area contributed by atoms with E-state index in [9.17, 15) is 8.78 Å². The van der Waals surface area contributed by atoms with Crippen LogP contribution >= 0.6 is 11.6 Å². The van der Waals surface area contributed by atoms with Crippen molar-refractivity contribution >= 4 is 11.6 Å². The number of pyridine rings is 1. The van der Waals surface area contributed by atoms with E-state index in [2.05, 4.69) is 4.98 Å². The van der Waals surface area contributed by atoms with Gasteiger partial charge in [-0.05, 0) is 60.4 Å². The summed E-state index contributed by atoms with van der Waals surface area (Å²) in [6, 6.07) is 12.3. The van der Waals surface area contributed by atoms with Crippen LogP contribution in [0.1, 0.15) is 23.7 Å². The molecule has 2 aromatic carbocycles. The summed E-state index contributed by atoms with van der Waals surface area (Å²) in [5.41, 5.74) is 1.48. The average Bonchev–Trinajstić information content (AvgIpc) is 2.62. The van der Waals surface area contributed by atoms with Crippen LogP contribution in [0, 0.1) is 11.6 Å². The standard InChI is InChI=1S/C20H14ClF2NO2/c21-14-2-6-20(24-11-14)25-17-3-5-18-12(9-17)1-4-19(26-18)13-7-15(22)10-16(23)8-13/h2-3,5-11,19H,1,4H2. The summed E-state index contributed by atoms with van der Waals surface area (Å²) < 4.78 is 38.5. The zero-order valence-electron chi connectivity index (χ0n) is 13.6. The molecule has 4 rings (SSSR count). The minimum atomic E-state index is -0.603. The van der Waals surface area contributed by atoms with Crippen molar-refractivity contribution in [2.24, 2.45) is 0 Å². The number of hydrogen-bond donors (Lipinski definition) is 0. The number of ether oxygens (including phenoxy) is 2. The Hall–Kier alpha value is -2.66. The Morgan fingerprint density at radius 1 is 1.04 bits per heavy atom. The lowest BCUT2D eigenvalue weighted by atomic mass is 9.97. The van der Waals surface area contributed by atoms with Crippen LogP contribution in [-0.2, 0) is 6.42 Å². The number of halogens is 3. The predicted molar refractivity (Wildman–Crippen MR) is 93.8 cm³/mol. The molecule has 1 aliphatic rings. The van der Waals surface area contributed by atoms with Crippen LogP contribution in [-0.4, -0.2) is 4.98 Å². The van der Waals surface area contributed by atoms with Gasteiger partial charge in [-0.1, -0.05) is 11.6 Å². The van der Waals surface area contributed by atoms with Gasteiger partial charge in [0.25, 0.3) is 0 Å². The van der Waals surface area contributed by atoms with Crippen molar-refractivity contribution in [3.05, 3.63) is 82.5 Å². The molecule has 0 radical (unpaired) electrons. The van der Waals surface area contributed by atoms with Gasteiger partial charge in [-0.15, -0.1) is 0 Å². The SMILES string of the molecule is Fc1cc(F)cc(C2CCc3cc(Oc4ccc(Cl)cn4)ccc3O2)c1. The van der Waals surface area contributed by atoms with Crippen molar-refractivity contribution in [1.82, 2.24) is 4.98 Å². The third-order valence-electron chi connectivity index (χ3n) is 4.16. The number of nitrogens with zero attached hydrogens (tertiary/aromatic N) is 1. The summed E-state index contributed by atoms with van der Waals surface area (Å²) in [4.78, 5) is 4.10. The van der Waals surface area contributed by atoms with Crippen molar-refractivity contribution in [3.8, 4) is 17.4 Å². The van der Waals surface area contributed by atoms with Crippen LogP contribution in [0.5, 0.6) is 17.4 Å². The smallest absolute Gasteiger partial charge is 0.219 e. The van der Waals surface area contributed by atoms with Crippen molar-refractivity contribution < 1.29 is 18.3 Å². The van der Waals surface area contributed by atoms with E-state index in [1.54, 1.807) is 24.3 Å². The van der Waals surface area contributed by atoms with Crippen LogP contribution in [0.4, 0.5) is 8.78 Å². The molecule has 1 unspecified atom stereocenters. The first kappa shape index (κ1) is 16.8. The van der Waals surface area contributed by atoms with Gasteiger partial charge in [0.1, 0.15) is 29.2 Å². The lowest BCUT2D eigenvalue weighted by Gasteiger charge is -2.26. The summed E-state index contributed by atoms with van der Waals surface area (Å²) in [5.74, 6) is 0.557. The predicted octanol–water partition coefficient (Wildman–Crippen LogP) is 5.87. The van der Waals surface area contributed by atoms with Crippen LogP contribution in [0.2, 0.25) is 5.02 Å². The van der Waals surface area contributed by atoms with E-state index in [0.29, 0.717) is 40.8 Å². The van der Waals surface area contributed by atoms with Crippen molar-refractivity contribution in [2.45, 2.75) is 18.9 Å². The molecule has 3 nitrogen and oxygen atoms in total. The highest BCUT2D eigenvalue weighted by Crippen LogP contribution is 2.37. The molecule has 0 saturated carbocycles. The molecule has 2 heterocycles. The summed E-state index contributed by atoms with van der Waals surface area (Å²) in [6.45, 7) is 0. The monoisotopic (exact) mass is 373 g/mol. The molecule has 0 fully saturated rings. The summed E-state index contributed by atoms with van der Waals surface area (Å²) in [6.07, 6.45) is 2.47. The fourth-order valence-corrected chi connectivity index (χ4v) is 3.08. The topological polar surface area (TPSA) is 31.4 Å². The molecule has 0 amide bonds. The first-order chi connectivity index (χ1) is 12.6. The van der Waals surface area contributed by atoms with Gasteiger partial charge in [-0.25, -0.2) is 13.8 Å². The van der Waals surface area contributed by atoms with Gasteiger partial charge < -0.3 is 9.47 Å². The first-order valence-electron chi connectivity index (χ1n) is 8.12. The van der Waals surface area contributed by atoms with Crippen molar-refractivity contribution in [2.75, 3.05) is 0 Å². The number of fused-ring (bicyclic) bond motifs is 1. The number of aromatic nitrogens is 1. The second-order valence-corrected chi connectivity index (χ2v) is 6.47. The number of hydrogen-bond acceptors (Lipinski definition) is 3. The third-order valence-corrected chi connectivity index (χ3v) is 4.38. The molecule has 1 aromatic heterocycles. The molecule has 6 heteroatoms. The Morgan fingerprint density at radius 3 is 2.58 bits per heavy atom. The molecule has 0 N–H and O–H groups in total. The summed E-state index contributed by atoms with van der Waals surface area (Å²) in [7, 11) is 0. The molecule has 1 aliphatic heterocycles. The van der Waals surface area contributed by atoms with Gasteiger partial charge in [0.15, 0.2) is 0 Å². The van der Waals surface area contributed by atoms with Crippen LogP contribution in [0.25, 0.3) is 0 Å². The van der Waals surface area contributed by atoms with Crippen molar-refractivity contribution in [1.29, 1.82) is 0 Å². The maximum absolute atomic E-state index is 13.4. The van der Waals surface area contributed by atoms with Gasteiger partial charge >= 0.3 is 0 Å². The quantitative estimate of drug-likeness (QED) is 0.575. The van der Waals surface area contributed by atoms with E-state index in [-0.39, 0.29) is 6.10 Å². The molecule has 132 valence electrons. The van der Waals surface area contributed by atoms with Crippen LogP contribution in [0.3, 0.4) is 0 Å². The van der Waals surface area contributed by atoms with Gasteiger partial charge in [0.05, 0.1) is 5.02 Å². The van der Waals surface area contributed by atoms with Crippen LogP contribution < -0.4 is 9.47 Å². The first-order valence-corrected chi connectivity index (χ1v) is 8.49. The lowest BCUT2D eigenvalue weighted by molar-refractivity contribution is 0.175. The van der Waals surface area contributed by atoms with E-state index in [1.165, 1.54) is 18.3 Å². The minimum absolute atomic E-state index is 0.377. The second-order valence-electron chi connectivity index (χ2n) is 6.03. The number of benzene rings is 2. The summed E-state index contributed by atoms with van der Waals surface area (Å²) in [5, 5.41) is 0.538. The maximum atomic E-state index is 13.4. The molecule has 0 aliphatic carbocycles. The molecule has 26 heavy (non-hydrogen) atoms. The Bertz CT molecular complexity index is 927. The molecule has 1 atom stereocenters. The number of aryl methyl sites for hydroxylation is 1. The normalized spacial score (nSPS) is 15.9. The highest BCUT2D eigenvalue weighted by molar-refractivity contribution is 6.30.